The maximum absolute atomic E-state index is 11.8. The summed E-state index contributed by atoms with van der Waals surface area (Å²) in [6.07, 6.45) is 8.22. The van der Waals surface area contributed by atoms with Crippen molar-refractivity contribution in [2.24, 2.45) is 5.92 Å². The van der Waals surface area contributed by atoms with Crippen LogP contribution in [0.1, 0.15) is 51.5 Å². The zero-order valence-electron chi connectivity index (χ0n) is 13.3. The van der Waals surface area contributed by atoms with E-state index in [1.54, 1.807) is 13.2 Å². The Kier molecular flexibility index (Phi) is 8.25. The molecular formula is C18H26O3. The molecule has 0 aliphatic rings. The first kappa shape index (κ1) is 17.3. The molecule has 0 bridgehead atoms. The maximum atomic E-state index is 11.8. The number of esters is 1. The molecule has 3 heteroatoms. The molecule has 0 saturated heterocycles. The van der Waals surface area contributed by atoms with E-state index in [1.165, 1.54) is 19.1 Å². The van der Waals surface area contributed by atoms with Gasteiger partial charge in [0.1, 0.15) is 5.75 Å². The van der Waals surface area contributed by atoms with Gasteiger partial charge in [0.2, 0.25) is 0 Å². The Morgan fingerprint density at radius 3 is 2.52 bits per heavy atom. The lowest BCUT2D eigenvalue weighted by Gasteiger charge is -2.12. The molecule has 0 N–H and O–H groups in total. The standard InChI is InChI=1S/C18H26O3/c1-4-6-7-15(5-2)14-18(19)21-13-12-16-8-10-17(20-3)11-9-16/h8-13,15H,4-7,14H2,1-3H3/b13-12+. The SMILES string of the molecule is CCCCC(CC)CC(=O)O/C=C/c1ccc(OC)cc1. The van der Waals surface area contributed by atoms with Crippen LogP contribution in [-0.4, -0.2) is 13.1 Å². The molecule has 0 amide bonds. The van der Waals surface area contributed by atoms with E-state index in [2.05, 4.69) is 13.8 Å². The highest BCUT2D eigenvalue weighted by Crippen LogP contribution is 2.17. The van der Waals surface area contributed by atoms with Crippen molar-refractivity contribution in [1.82, 2.24) is 0 Å². The lowest BCUT2D eigenvalue weighted by atomic mass is 9.96. The molecule has 0 fully saturated rings. The second kappa shape index (κ2) is 10.0. The van der Waals surface area contributed by atoms with Gasteiger partial charge in [0.05, 0.1) is 13.4 Å². The van der Waals surface area contributed by atoms with Gasteiger partial charge in [-0.05, 0) is 36.1 Å². The van der Waals surface area contributed by atoms with E-state index in [9.17, 15) is 4.79 Å². The normalized spacial score (nSPS) is 12.3. The smallest absolute Gasteiger partial charge is 0.310 e. The van der Waals surface area contributed by atoms with Crippen molar-refractivity contribution in [2.75, 3.05) is 7.11 Å². The second-order valence-corrected chi connectivity index (χ2v) is 5.19. The number of unbranched alkanes of at least 4 members (excludes halogenated alkanes) is 1. The van der Waals surface area contributed by atoms with Gasteiger partial charge in [0, 0.05) is 6.42 Å². The summed E-state index contributed by atoms with van der Waals surface area (Å²) in [5.41, 5.74) is 0.974. The van der Waals surface area contributed by atoms with Gasteiger partial charge in [0.25, 0.3) is 0 Å². The molecule has 0 saturated carbocycles. The minimum Gasteiger partial charge on any atom is -0.497 e. The first-order valence-electron chi connectivity index (χ1n) is 7.69. The number of benzene rings is 1. The molecule has 116 valence electrons. The van der Waals surface area contributed by atoms with Crippen LogP contribution >= 0.6 is 0 Å². The molecule has 1 rings (SSSR count). The highest BCUT2D eigenvalue weighted by Gasteiger charge is 2.11. The average molecular weight is 290 g/mol. The summed E-state index contributed by atoms with van der Waals surface area (Å²) < 4.78 is 10.3. The van der Waals surface area contributed by atoms with Gasteiger partial charge in [0.15, 0.2) is 0 Å². The molecule has 3 nitrogen and oxygen atoms in total. The van der Waals surface area contributed by atoms with Gasteiger partial charge in [-0.15, -0.1) is 0 Å². The lowest BCUT2D eigenvalue weighted by Crippen LogP contribution is -2.08. The van der Waals surface area contributed by atoms with E-state index in [0.29, 0.717) is 12.3 Å². The lowest BCUT2D eigenvalue weighted by molar-refractivity contribution is -0.139. The number of methoxy groups -OCH3 is 1. The first-order valence-corrected chi connectivity index (χ1v) is 7.69. The Morgan fingerprint density at radius 2 is 1.95 bits per heavy atom. The quantitative estimate of drug-likeness (QED) is 0.483. The van der Waals surface area contributed by atoms with Crippen molar-refractivity contribution in [2.45, 2.75) is 46.0 Å². The summed E-state index contributed by atoms with van der Waals surface area (Å²) in [7, 11) is 1.63. The predicted octanol–water partition coefficient (Wildman–Crippen LogP) is 4.82. The fourth-order valence-electron chi connectivity index (χ4n) is 2.13. The van der Waals surface area contributed by atoms with Crippen LogP contribution in [0.2, 0.25) is 0 Å². The molecular weight excluding hydrogens is 264 g/mol. The summed E-state index contributed by atoms with van der Waals surface area (Å²) >= 11 is 0. The van der Waals surface area contributed by atoms with Crippen molar-refractivity contribution in [3.05, 3.63) is 36.1 Å². The largest absolute Gasteiger partial charge is 0.497 e. The molecule has 1 aromatic carbocycles. The number of carbonyl (C=O) groups excluding carboxylic acids is 1. The van der Waals surface area contributed by atoms with Gasteiger partial charge in [-0.3, -0.25) is 4.79 Å². The zero-order chi connectivity index (χ0) is 15.5. The van der Waals surface area contributed by atoms with Crippen LogP contribution in [0.3, 0.4) is 0 Å². The molecule has 0 spiro atoms. The van der Waals surface area contributed by atoms with Crippen LogP contribution in [-0.2, 0) is 9.53 Å². The summed E-state index contributed by atoms with van der Waals surface area (Å²) in [5, 5.41) is 0. The minimum absolute atomic E-state index is 0.150. The second-order valence-electron chi connectivity index (χ2n) is 5.19. The minimum atomic E-state index is -0.150. The van der Waals surface area contributed by atoms with E-state index in [4.69, 9.17) is 9.47 Å². The third-order valence-electron chi connectivity index (χ3n) is 3.57. The van der Waals surface area contributed by atoms with Crippen LogP contribution in [0, 0.1) is 5.92 Å². The topological polar surface area (TPSA) is 35.5 Å². The Hall–Kier alpha value is -1.77. The molecule has 1 unspecified atom stereocenters. The summed E-state index contributed by atoms with van der Waals surface area (Å²) in [5.74, 6) is 1.10. The van der Waals surface area contributed by atoms with E-state index in [0.717, 1.165) is 24.2 Å². The number of hydrogen-bond acceptors (Lipinski definition) is 3. The Labute approximate surface area is 128 Å². The Balaban J connectivity index is 2.38. The van der Waals surface area contributed by atoms with Crippen LogP contribution in [0.5, 0.6) is 5.75 Å². The summed E-state index contributed by atoms with van der Waals surface area (Å²) in [4.78, 5) is 11.8. The summed E-state index contributed by atoms with van der Waals surface area (Å²) in [6, 6.07) is 7.58. The fourth-order valence-corrected chi connectivity index (χ4v) is 2.13. The van der Waals surface area contributed by atoms with Gasteiger partial charge in [-0.1, -0.05) is 45.2 Å². The van der Waals surface area contributed by atoms with Crippen molar-refractivity contribution < 1.29 is 14.3 Å². The Bertz CT molecular complexity index is 434. The van der Waals surface area contributed by atoms with Gasteiger partial charge in [-0.2, -0.15) is 0 Å². The molecule has 1 atom stereocenters. The number of hydrogen-bond donors (Lipinski definition) is 0. The fraction of sp³-hybridized carbons (Fsp3) is 0.500. The van der Waals surface area contributed by atoms with E-state index < -0.39 is 0 Å². The van der Waals surface area contributed by atoms with Crippen molar-refractivity contribution >= 4 is 12.0 Å². The van der Waals surface area contributed by atoms with Crippen molar-refractivity contribution in [3.63, 3.8) is 0 Å². The van der Waals surface area contributed by atoms with Crippen LogP contribution < -0.4 is 4.74 Å². The number of ether oxygens (including phenoxy) is 2. The maximum Gasteiger partial charge on any atom is 0.310 e. The van der Waals surface area contributed by atoms with E-state index in [-0.39, 0.29) is 5.97 Å². The molecule has 0 aliphatic carbocycles. The van der Waals surface area contributed by atoms with Gasteiger partial charge < -0.3 is 9.47 Å². The van der Waals surface area contributed by atoms with E-state index >= 15 is 0 Å². The molecule has 1 aromatic rings. The third-order valence-corrected chi connectivity index (χ3v) is 3.57. The first-order chi connectivity index (χ1) is 10.2. The molecule has 0 aliphatic heterocycles. The van der Waals surface area contributed by atoms with Crippen LogP contribution in [0.4, 0.5) is 0 Å². The predicted molar refractivity (Wildman–Crippen MR) is 86.0 cm³/mol. The Morgan fingerprint density at radius 1 is 1.24 bits per heavy atom. The van der Waals surface area contributed by atoms with Crippen molar-refractivity contribution in [3.8, 4) is 5.75 Å². The van der Waals surface area contributed by atoms with Crippen LogP contribution in [0.25, 0.3) is 6.08 Å². The monoisotopic (exact) mass is 290 g/mol. The molecule has 21 heavy (non-hydrogen) atoms. The highest BCUT2D eigenvalue weighted by molar-refractivity contribution is 5.71. The number of rotatable bonds is 9. The molecule has 0 aromatic heterocycles. The molecule has 0 heterocycles. The number of carbonyl (C=O) groups is 1. The summed E-state index contributed by atoms with van der Waals surface area (Å²) in [6.45, 7) is 4.30. The van der Waals surface area contributed by atoms with Gasteiger partial charge in [-0.25, -0.2) is 0 Å². The third kappa shape index (κ3) is 6.98. The van der Waals surface area contributed by atoms with E-state index in [1.807, 2.05) is 24.3 Å². The zero-order valence-corrected chi connectivity index (χ0v) is 13.3. The van der Waals surface area contributed by atoms with Crippen molar-refractivity contribution in [1.29, 1.82) is 0 Å². The highest BCUT2D eigenvalue weighted by atomic mass is 16.5. The average Bonchev–Trinajstić information content (AvgIpc) is 2.52. The van der Waals surface area contributed by atoms with Gasteiger partial charge >= 0.3 is 5.97 Å². The van der Waals surface area contributed by atoms with Crippen LogP contribution in [0.15, 0.2) is 30.5 Å². The molecule has 0 radical (unpaired) electrons.